The summed E-state index contributed by atoms with van der Waals surface area (Å²) in [5.41, 5.74) is 8.43. The molecule has 4 heteroatoms. The number of halogens is 1. The molecule has 0 aromatic carbocycles. The Kier molecular flexibility index (Phi) is 10.2. The van der Waals surface area contributed by atoms with Crippen molar-refractivity contribution in [1.82, 2.24) is 0 Å². The quantitative estimate of drug-likeness (QED) is 0.814. The summed E-state index contributed by atoms with van der Waals surface area (Å²) in [5, 5.41) is 0. The molecular weight excluding hydrogens is 278 g/mol. The molecule has 2 heterocycles. The highest BCUT2D eigenvalue weighted by atomic mass is 35.5. The van der Waals surface area contributed by atoms with Gasteiger partial charge in [0, 0.05) is 29.1 Å². The highest BCUT2D eigenvalue weighted by Crippen LogP contribution is 2.37. The first-order valence-electron chi connectivity index (χ1n) is 6.72. The van der Waals surface area contributed by atoms with E-state index in [1.54, 1.807) is 0 Å². The van der Waals surface area contributed by atoms with E-state index < -0.39 is 0 Å². The minimum absolute atomic E-state index is 0.115. The largest absolute Gasteiger partial charge is 0.372 e. The lowest BCUT2D eigenvalue weighted by atomic mass is 10.0. The van der Waals surface area contributed by atoms with Crippen molar-refractivity contribution in [3.8, 4) is 0 Å². The first kappa shape index (κ1) is 18.7. The zero-order valence-corrected chi connectivity index (χ0v) is 14.2. The van der Waals surface area contributed by atoms with Gasteiger partial charge in [0.1, 0.15) is 0 Å². The van der Waals surface area contributed by atoms with Crippen LogP contribution in [0.5, 0.6) is 0 Å². The van der Waals surface area contributed by atoms with E-state index in [1.807, 2.05) is 25.2 Å². The third-order valence-electron chi connectivity index (χ3n) is 2.81. The van der Waals surface area contributed by atoms with Crippen molar-refractivity contribution in [1.29, 1.82) is 0 Å². The van der Waals surface area contributed by atoms with Gasteiger partial charge in [0.15, 0.2) is 0 Å². The Morgan fingerprint density at radius 3 is 2.58 bits per heavy atom. The van der Waals surface area contributed by atoms with Gasteiger partial charge >= 0.3 is 0 Å². The van der Waals surface area contributed by atoms with Gasteiger partial charge in [-0.25, -0.2) is 0 Å². The number of thiophene rings is 1. The third-order valence-corrected chi connectivity index (χ3v) is 4.14. The zero-order chi connectivity index (χ0) is 14.8. The maximum absolute atomic E-state index is 5.73. The fraction of sp³-hybridized carbons (Fsp3) is 0.600. The Balaban J connectivity index is 0.000000741. The highest BCUT2D eigenvalue weighted by Gasteiger charge is 2.25. The van der Waals surface area contributed by atoms with Crippen molar-refractivity contribution in [2.75, 3.05) is 19.5 Å². The molecule has 1 aromatic heterocycles. The molecule has 0 radical (unpaired) electrons. The van der Waals surface area contributed by atoms with Crippen molar-refractivity contribution in [2.24, 2.45) is 5.73 Å². The summed E-state index contributed by atoms with van der Waals surface area (Å²) in [6.45, 7) is 9.61. The second-order valence-electron chi connectivity index (χ2n) is 3.77. The van der Waals surface area contributed by atoms with Gasteiger partial charge in [0.05, 0.1) is 12.7 Å². The van der Waals surface area contributed by atoms with E-state index >= 15 is 0 Å². The maximum atomic E-state index is 5.73. The number of alkyl halides is 1. The van der Waals surface area contributed by atoms with Crippen LogP contribution in [-0.4, -0.2) is 19.5 Å². The topological polar surface area (TPSA) is 35.2 Å². The smallest absolute Gasteiger partial charge is 0.0960 e. The van der Waals surface area contributed by atoms with E-state index in [-0.39, 0.29) is 6.10 Å². The maximum Gasteiger partial charge on any atom is 0.0960 e. The van der Waals surface area contributed by atoms with Crippen LogP contribution >= 0.6 is 22.9 Å². The number of rotatable bonds is 2. The van der Waals surface area contributed by atoms with E-state index in [1.165, 1.54) is 27.3 Å². The first-order valence-corrected chi connectivity index (χ1v) is 8.29. The standard InChI is InChI=1S/C12H17NOS.C2H6.CH3Cl/c1-3-4-10-8(2)12-9(7-13)14-6-5-11(12)15-10;2*1-2/h3-4,9H,5-7,13H2,1-2H3;1-2H3;1H3/b4-3-;;. The molecule has 0 spiro atoms. The van der Waals surface area contributed by atoms with Gasteiger partial charge in [0.25, 0.3) is 0 Å². The Bertz CT molecular complexity index is 388. The van der Waals surface area contributed by atoms with E-state index in [0.717, 1.165) is 13.0 Å². The molecule has 1 aromatic rings. The average molecular weight is 304 g/mol. The van der Waals surface area contributed by atoms with Crippen LogP contribution in [-0.2, 0) is 11.2 Å². The molecule has 0 saturated carbocycles. The number of allylic oxidation sites excluding steroid dienone is 1. The molecule has 110 valence electrons. The lowest BCUT2D eigenvalue weighted by molar-refractivity contribution is 0.0493. The number of fused-ring (bicyclic) bond motifs is 1. The zero-order valence-electron chi connectivity index (χ0n) is 12.6. The van der Waals surface area contributed by atoms with Gasteiger partial charge < -0.3 is 10.5 Å². The molecule has 0 fully saturated rings. The van der Waals surface area contributed by atoms with E-state index in [4.69, 9.17) is 10.5 Å². The van der Waals surface area contributed by atoms with Gasteiger partial charge in [-0.15, -0.1) is 22.9 Å². The van der Waals surface area contributed by atoms with Gasteiger partial charge in [-0.2, -0.15) is 0 Å². The van der Waals surface area contributed by atoms with Crippen molar-refractivity contribution in [3.05, 3.63) is 27.0 Å². The summed E-state index contributed by atoms with van der Waals surface area (Å²) in [7, 11) is 0. The van der Waals surface area contributed by atoms with Gasteiger partial charge in [-0.3, -0.25) is 0 Å². The summed E-state index contributed by atoms with van der Waals surface area (Å²) in [6.07, 6.45) is 6.88. The van der Waals surface area contributed by atoms with Crippen LogP contribution in [0.1, 0.15) is 47.8 Å². The van der Waals surface area contributed by atoms with Crippen LogP contribution < -0.4 is 5.73 Å². The van der Waals surface area contributed by atoms with E-state index in [2.05, 4.69) is 37.6 Å². The predicted molar refractivity (Wildman–Crippen MR) is 88.3 cm³/mol. The van der Waals surface area contributed by atoms with Crippen LogP contribution in [0.2, 0.25) is 0 Å². The van der Waals surface area contributed by atoms with Crippen LogP contribution in [0.15, 0.2) is 6.08 Å². The minimum Gasteiger partial charge on any atom is -0.372 e. The molecule has 1 atom stereocenters. The number of hydrogen-bond acceptors (Lipinski definition) is 3. The lowest BCUT2D eigenvalue weighted by Crippen LogP contribution is -2.22. The number of ether oxygens (including phenoxy) is 1. The molecule has 1 aliphatic heterocycles. The van der Waals surface area contributed by atoms with Crippen LogP contribution in [0.25, 0.3) is 6.08 Å². The number of nitrogens with two attached hydrogens (primary N) is 1. The summed E-state index contributed by atoms with van der Waals surface area (Å²) in [6, 6.07) is 0. The third kappa shape index (κ3) is 4.60. The monoisotopic (exact) mass is 303 g/mol. The summed E-state index contributed by atoms with van der Waals surface area (Å²) >= 11 is 6.52. The SMILES string of the molecule is C/C=C\c1sc2c(c1C)C(CN)OCC2.CC.CCl. The fourth-order valence-corrected chi connectivity index (χ4v) is 3.40. The molecule has 0 bridgehead atoms. The fourth-order valence-electron chi connectivity index (χ4n) is 2.09. The molecule has 2 nitrogen and oxygen atoms in total. The van der Waals surface area contributed by atoms with Gasteiger partial charge in [0.2, 0.25) is 0 Å². The predicted octanol–water partition coefficient (Wildman–Crippen LogP) is 4.54. The number of hydrogen-bond donors (Lipinski definition) is 1. The molecule has 0 saturated heterocycles. The molecule has 0 aliphatic carbocycles. The molecule has 1 aliphatic rings. The molecule has 1 unspecified atom stereocenters. The minimum atomic E-state index is 0.115. The molecule has 0 amide bonds. The Morgan fingerprint density at radius 2 is 2.05 bits per heavy atom. The van der Waals surface area contributed by atoms with Gasteiger partial charge in [-0.05, 0) is 31.1 Å². The van der Waals surface area contributed by atoms with Crippen LogP contribution in [0.3, 0.4) is 0 Å². The summed E-state index contributed by atoms with van der Waals surface area (Å²) in [5.74, 6) is 0. The normalized spacial score (nSPS) is 17.1. The van der Waals surface area contributed by atoms with Gasteiger partial charge in [-0.1, -0.05) is 19.9 Å². The second kappa shape index (κ2) is 10.4. The Hall–Kier alpha value is -0.350. The van der Waals surface area contributed by atoms with Crippen LogP contribution in [0, 0.1) is 6.92 Å². The average Bonchev–Trinajstić information content (AvgIpc) is 2.80. The first-order chi connectivity index (χ1) is 9.27. The second-order valence-corrected chi connectivity index (χ2v) is 4.91. The molecule has 2 N–H and O–H groups in total. The molecule has 2 rings (SSSR count). The van der Waals surface area contributed by atoms with E-state index in [0.29, 0.717) is 6.54 Å². The van der Waals surface area contributed by atoms with Crippen LogP contribution in [0.4, 0.5) is 0 Å². The van der Waals surface area contributed by atoms with Crippen molar-refractivity contribution in [3.63, 3.8) is 0 Å². The highest BCUT2D eigenvalue weighted by molar-refractivity contribution is 7.13. The van der Waals surface area contributed by atoms with Crippen molar-refractivity contribution < 1.29 is 4.74 Å². The summed E-state index contributed by atoms with van der Waals surface area (Å²) in [4.78, 5) is 2.81. The van der Waals surface area contributed by atoms with Crippen molar-refractivity contribution in [2.45, 2.75) is 40.2 Å². The Labute approximate surface area is 126 Å². The van der Waals surface area contributed by atoms with Crippen molar-refractivity contribution >= 4 is 29.0 Å². The Morgan fingerprint density at radius 1 is 1.42 bits per heavy atom. The molecule has 19 heavy (non-hydrogen) atoms. The van der Waals surface area contributed by atoms with E-state index in [9.17, 15) is 0 Å². The summed E-state index contributed by atoms with van der Waals surface area (Å²) < 4.78 is 5.68. The molecular formula is C15H26ClNOS. The lowest BCUT2D eigenvalue weighted by Gasteiger charge is -2.22.